The van der Waals surface area contributed by atoms with Crippen molar-refractivity contribution in [2.75, 3.05) is 11.1 Å². The highest BCUT2D eigenvalue weighted by atomic mass is 32.2. The smallest absolute Gasteiger partial charge is 0.257 e. The molecule has 21 heavy (non-hydrogen) atoms. The molecule has 1 amide bonds. The molecule has 1 aliphatic heterocycles. The third-order valence-corrected chi connectivity index (χ3v) is 4.27. The first-order chi connectivity index (χ1) is 9.88. The second-order valence-electron chi connectivity index (χ2n) is 5.47. The number of thioether (sulfide) groups is 1. The number of benzene rings is 1. The lowest BCUT2D eigenvalue weighted by Crippen LogP contribution is -2.33. The molecule has 0 fully saturated rings. The normalized spacial score (nSPS) is 14.8. The first kappa shape index (κ1) is 15.6. The molecule has 2 N–H and O–H groups in total. The summed E-state index contributed by atoms with van der Waals surface area (Å²) in [5.41, 5.74) is 3.52. The molecule has 0 aliphatic carbocycles. The van der Waals surface area contributed by atoms with E-state index in [4.69, 9.17) is 0 Å². The summed E-state index contributed by atoms with van der Waals surface area (Å²) in [6.07, 6.45) is 0. The van der Waals surface area contributed by atoms with Gasteiger partial charge in [0.25, 0.3) is 5.91 Å². The minimum absolute atomic E-state index is 0.00580. The maximum absolute atomic E-state index is 12.1. The van der Waals surface area contributed by atoms with Crippen molar-refractivity contribution in [1.29, 1.82) is 0 Å². The predicted octanol–water partition coefficient (Wildman–Crippen LogP) is 2.77. The number of anilines is 1. The van der Waals surface area contributed by atoms with E-state index in [1.165, 1.54) is 22.9 Å². The Labute approximate surface area is 129 Å². The van der Waals surface area contributed by atoms with Gasteiger partial charge in [0.1, 0.15) is 5.57 Å². The summed E-state index contributed by atoms with van der Waals surface area (Å²) in [5.74, 6) is -0.107. The molecule has 1 heterocycles. The molecule has 112 valence electrons. The van der Waals surface area contributed by atoms with Crippen LogP contribution in [0.15, 0.2) is 28.8 Å². The Kier molecular flexibility index (Phi) is 4.73. The van der Waals surface area contributed by atoms with E-state index >= 15 is 0 Å². The quantitative estimate of drug-likeness (QED) is 0.840. The van der Waals surface area contributed by atoms with Crippen LogP contribution in [-0.2, 0) is 9.59 Å². The van der Waals surface area contributed by atoms with Crippen LogP contribution in [0.4, 0.5) is 5.69 Å². The summed E-state index contributed by atoms with van der Waals surface area (Å²) in [6.45, 7) is 7.84. The van der Waals surface area contributed by atoms with Crippen molar-refractivity contribution in [3.8, 4) is 0 Å². The maximum atomic E-state index is 12.1. The van der Waals surface area contributed by atoms with Gasteiger partial charge in [0.05, 0.1) is 10.8 Å². The van der Waals surface area contributed by atoms with E-state index in [-0.39, 0.29) is 23.3 Å². The fourth-order valence-corrected chi connectivity index (χ4v) is 2.98. The van der Waals surface area contributed by atoms with E-state index < -0.39 is 0 Å². The number of hydrogen-bond donors (Lipinski definition) is 2. The molecule has 0 bridgehead atoms. The Bertz CT molecular complexity index is 621. The molecule has 0 saturated heterocycles. The zero-order chi connectivity index (χ0) is 15.6. The minimum Gasteiger partial charge on any atom is -0.350 e. The van der Waals surface area contributed by atoms with Crippen LogP contribution in [0.5, 0.6) is 0 Å². The number of amides is 1. The molecule has 1 aliphatic rings. The average molecular weight is 304 g/mol. The van der Waals surface area contributed by atoms with Gasteiger partial charge < -0.3 is 10.6 Å². The molecule has 5 heteroatoms. The number of Topliss-reactive ketones (excluding diaryl/α,β-unsaturated/α-hetero) is 1. The van der Waals surface area contributed by atoms with E-state index in [0.29, 0.717) is 10.8 Å². The number of carbonyl (C=O) groups is 2. The van der Waals surface area contributed by atoms with Crippen molar-refractivity contribution < 1.29 is 9.59 Å². The summed E-state index contributed by atoms with van der Waals surface area (Å²) >= 11 is 1.38. The Morgan fingerprint density at radius 2 is 1.95 bits per heavy atom. The fraction of sp³-hybridized carbons (Fsp3) is 0.375. The topological polar surface area (TPSA) is 58.2 Å². The van der Waals surface area contributed by atoms with Crippen molar-refractivity contribution >= 4 is 29.1 Å². The van der Waals surface area contributed by atoms with Crippen molar-refractivity contribution in [3.05, 3.63) is 39.9 Å². The maximum Gasteiger partial charge on any atom is 0.257 e. The van der Waals surface area contributed by atoms with Gasteiger partial charge in [0.15, 0.2) is 5.78 Å². The Hall–Kier alpha value is -1.75. The van der Waals surface area contributed by atoms with Gasteiger partial charge in [-0.3, -0.25) is 9.59 Å². The van der Waals surface area contributed by atoms with Crippen LogP contribution in [0.1, 0.15) is 25.0 Å². The lowest BCUT2D eigenvalue weighted by Gasteiger charge is -2.12. The molecule has 0 saturated carbocycles. The molecule has 0 unspecified atom stereocenters. The molecule has 0 radical (unpaired) electrons. The third-order valence-electron chi connectivity index (χ3n) is 3.27. The van der Waals surface area contributed by atoms with Gasteiger partial charge in [-0.15, -0.1) is 0 Å². The van der Waals surface area contributed by atoms with Crippen molar-refractivity contribution in [1.82, 2.24) is 5.32 Å². The van der Waals surface area contributed by atoms with Gasteiger partial charge >= 0.3 is 0 Å². The van der Waals surface area contributed by atoms with Crippen molar-refractivity contribution in [3.63, 3.8) is 0 Å². The van der Waals surface area contributed by atoms with E-state index in [1.807, 2.05) is 45.9 Å². The Balaban J connectivity index is 2.26. The predicted molar refractivity (Wildman–Crippen MR) is 87.3 cm³/mol. The summed E-state index contributed by atoms with van der Waals surface area (Å²) in [4.78, 5) is 24.1. The molecular formula is C16H20N2O2S. The van der Waals surface area contributed by atoms with Crippen molar-refractivity contribution in [2.45, 2.75) is 33.7 Å². The Morgan fingerprint density at radius 3 is 2.57 bits per heavy atom. The number of carbonyl (C=O) groups excluding carboxylic acids is 2. The number of hydrogen-bond acceptors (Lipinski definition) is 4. The van der Waals surface area contributed by atoms with Gasteiger partial charge in [0, 0.05) is 11.7 Å². The summed E-state index contributed by atoms with van der Waals surface area (Å²) < 4.78 is 0. The van der Waals surface area contributed by atoms with Crippen LogP contribution in [-0.4, -0.2) is 23.5 Å². The zero-order valence-corrected chi connectivity index (χ0v) is 13.6. The lowest BCUT2D eigenvalue weighted by molar-refractivity contribution is -0.121. The SMILES string of the molecule is Cc1ccc(NC2=C(C(=O)NC(C)C)C(=O)CS2)cc1C. The highest BCUT2D eigenvalue weighted by Gasteiger charge is 2.30. The van der Waals surface area contributed by atoms with Gasteiger partial charge in [-0.05, 0) is 51.0 Å². The monoisotopic (exact) mass is 304 g/mol. The minimum atomic E-state index is -0.300. The first-order valence-corrected chi connectivity index (χ1v) is 7.92. The van der Waals surface area contributed by atoms with Crippen LogP contribution in [0, 0.1) is 13.8 Å². The van der Waals surface area contributed by atoms with Crippen LogP contribution in [0.3, 0.4) is 0 Å². The average Bonchev–Trinajstić information content (AvgIpc) is 2.74. The number of aryl methyl sites for hydroxylation is 2. The van der Waals surface area contributed by atoms with E-state index in [9.17, 15) is 9.59 Å². The number of rotatable bonds is 4. The highest BCUT2D eigenvalue weighted by Crippen LogP contribution is 2.30. The fourth-order valence-electron chi connectivity index (χ4n) is 2.02. The lowest BCUT2D eigenvalue weighted by atomic mass is 10.1. The molecule has 0 aromatic heterocycles. The second kappa shape index (κ2) is 6.35. The van der Waals surface area contributed by atoms with Crippen LogP contribution in [0.25, 0.3) is 0 Å². The van der Waals surface area contributed by atoms with Gasteiger partial charge in [-0.2, -0.15) is 0 Å². The number of nitrogens with one attached hydrogen (secondary N) is 2. The van der Waals surface area contributed by atoms with Crippen LogP contribution >= 0.6 is 11.8 Å². The molecule has 4 nitrogen and oxygen atoms in total. The summed E-state index contributed by atoms with van der Waals surface area (Å²) in [6, 6.07) is 6.00. The standard InChI is InChI=1S/C16H20N2O2S/c1-9(2)17-15(20)14-13(19)8-21-16(14)18-12-6-5-10(3)11(4)7-12/h5-7,9,18H,8H2,1-4H3,(H,17,20). The molecule has 0 spiro atoms. The summed E-state index contributed by atoms with van der Waals surface area (Å²) in [5, 5.41) is 6.63. The van der Waals surface area contributed by atoms with Gasteiger partial charge in [-0.1, -0.05) is 17.8 Å². The number of ketones is 1. The van der Waals surface area contributed by atoms with E-state index in [2.05, 4.69) is 10.6 Å². The Morgan fingerprint density at radius 1 is 1.24 bits per heavy atom. The van der Waals surface area contributed by atoms with E-state index in [1.54, 1.807) is 0 Å². The zero-order valence-electron chi connectivity index (χ0n) is 12.7. The molecule has 0 atom stereocenters. The first-order valence-electron chi connectivity index (χ1n) is 6.94. The van der Waals surface area contributed by atoms with Gasteiger partial charge in [-0.25, -0.2) is 0 Å². The largest absolute Gasteiger partial charge is 0.350 e. The highest BCUT2D eigenvalue weighted by molar-refractivity contribution is 8.04. The van der Waals surface area contributed by atoms with Crippen LogP contribution < -0.4 is 10.6 Å². The van der Waals surface area contributed by atoms with Crippen molar-refractivity contribution in [2.24, 2.45) is 0 Å². The molecular weight excluding hydrogens is 284 g/mol. The third kappa shape index (κ3) is 3.67. The summed E-state index contributed by atoms with van der Waals surface area (Å²) in [7, 11) is 0. The molecule has 1 aromatic carbocycles. The van der Waals surface area contributed by atoms with E-state index in [0.717, 1.165) is 5.69 Å². The molecule has 2 rings (SSSR count). The second-order valence-corrected chi connectivity index (χ2v) is 6.45. The van der Waals surface area contributed by atoms with Gasteiger partial charge in [0.2, 0.25) is 0 Å². The van der Waals surface area contributed by atoms with Crippen LogP contribution in [0.2, 0.25) is 0 Å². The molecule has 1 aromatic rings.